The molecule has 1 fully saturated rings. The highest BCUT2D eigenvalue weighted by molar-refractivity contribution is 5.19. The molecule has 1 heterocycles. The summed E-state index contributed by atoms with van der Waals surface area (Å²) >= 11 is 0. The molecule has 1 aromatic carbocycles. The van der Waals surface area contributed by atoms with E-state index in [9.17, 15) is 9.50 Å². The van der Waals surface area contributed by atoms with Gasteiger partial charge in [-0.15, -0.1) is 0 Å². The number of benzene rings is 1. The van der Waals surface area contributed by atoms with Gasteiger partial charge in [-0.3, -0.25) is 4.90 Å². The van der Waals surface area contributed by atoms with Crippen LogP contribution in [0.2, 0.25) is 0 Å². The van der Waals surface area contributed by atoms with Crippen LogP contribution in [0, 0.1) is 5.82 Å². The Morgan fingerprint density at radius 1 is 1.39 bits per heavy atom. The lowest BCUT2D eigenvalue weighted by Gasteiger charge is -2.23. The maximum atomic E-state index is 13.0. The zero-order valence-electron chi connectivity index (χ0n) is 13.0. The summed E-state index contributed by atoms with van der Waals surface area (Å²) in [5, 5.41) is 14.3. The van der Waals surface area contributed by atoms with E-state index in [4.69, 9.17) is 9.26 Å². The molecule has 2 aromatic rings. The molecule has 23 heavy (non-hydrogen) atoms. The zero-order chi connectivity index (χ0) is 16.2. The van der Waals surface area contributed by atoms with Crippen molar-refractivity contribution in [1.29, 1.82) is 0 Å². The summed E-state index contributed by atoms with van der Waals surface area (Å²) in [6.07, 6.45) is 1.51. The molecule has 0 aliphatic heterocycles. The summed E-state index contributed by atoms with van der Waals surface area (Å²) < 4.78 is 23.0. The van der Waals surface area contributed by atoms with Crippen LogP contribution in [0.4, 0.5) is 4.39 Å². The number of hydrogen-bond donors (Lipinski definition) is 1. The largest absolute Gasteiger partial charge is 0.387 e. The standard InChI is InChI=1S/C16H20FN3O3/c1-22-10-16-18-15(19-23-16)9-20(13-6-7-13)8-14(21)11-2-4-12(17)5-3-11/h2-5,13-14,21H,6-10H2,1H3. The van der Waals surface area contributed by atoms with E-state index in [1.54, 1.807) is 19.2 Å². The SMILES string of the molecule is COCc1nc(CN(CC(O)c2ccc(F)cc2)C2CC2)no1. The lowest BCUT2D eigenvalue weighted by Crippen LogP contribution is -2.30. The van der Waals surface area contributed by atoms with E-state index in [-0.39, 0.29) is 12.4 Å². The summed E-state index contributed by atoms with van der Waals surface area (Å²) in [5.41, 5.74) is 0.699. The van der Waals surface area contributed by atoms with E-state index in [0.29, 0.717) is 36.4 Å². The van der Waals surface area contributed by atoms with Crippen molar-refractivity contribution in [2.45, 2.75) is 38.1 Å². The van der Waals surface area contributed by atoms with Gasteiger partial charge in [-0.25, -0.2) is 4.39 Å². The van der Waals surface area contributed by atoms with E-state index >= 15 is 0 Å². The number of aromatic nitrogens is 2. The Morgan fingerprint density at radius 2 is 2.13 bits per heavy atom. The van der Waals surface area contributed by atoms with Crippen molar-refractivity contribution >= 4 is 0 Å². The fourth-order valence-corrected chi connectivity index (χ4v) is 2.51. The van der Waals surface area contributed by atoms with Gasteiger partial charge in [-0.2, -0.15) is 4.98 Å². The van der Waals surface area contributed by atoms with Gasteiger partial charge in [0.15, 0.2) is 5.82 Å². The van der Waals surface area contributed by atoms with Gasteiger partial charge in [0.2, 0.25) is 0 Å². The van der Waals surface area contributed by atoms with Crippen molar-refractivity contribution in [3.63, 3.8) is 0 Å². The molecule has 1 aliphatic rings. The zero-order valence-corrected chi connectivity index (χ0v) is 13.0. The summed E-state index contributed by atoms with van der Waals surface area (Å²) in [6.45, 7) is 1.25. The number of rotatable bonds is 8. The Bertz CT molecular complexity index is 628. The molecule has 1 saturated carbocycles. The van der Waals surface area contributed by atoms with Gasteiger partial charge in [0, 0.05) is 19.7 Å². The van der Waals surface area contributed by atoms with Gasteiger partial charge in [-0.05, 0) is 30.5 Å². The van der Waals surface area contributed by atoms with Crippen LogP contribution in [0.25, 0.3) is 0 Å². The van der Waals surface area contributed by atoms with Crippen molar-refractivity contribution in [3.8, 4) is 0 Å². The molecule has 1 aromatic heterocycles. The first-order valence-electron chi connectivity index (χ1n) is 7.63. The second-order valence-corrected chi connectivity index (χ2v) is 5.77. The molecule has 0 bridgehead atoms. The molecule has 0 saturated heterocycles. The molecule has 0 spiro atoms. The molecule has 124 valence electrons. The number of ether oxygens (including phenoxy) is 1. The normalized spacial score (nSPS) is 16.0. The predicted octanol–water partition coefficient (Wildman–Crippen LogP) is 2.05. The highest BCUT2D eigenvalue weighted by Gasteiger charge is 2.31. The average Bonchev–Trinajstić information content (AvgIpc) is 3.29. The monoisotopic (exact) mass is 321 g/mol. The van der Waals surface area contributed by atoms with E-state index in [2.05, 4.69) is 15.0 Å². The maximum Gasteiger partial charge on any atom is 0.252 e. The molecule has 6 nitrogen and oxygen atoms in total. The topological polar surface area (TPSA) is 71.6 Å². The summed E-state index contributed by atoms with van der Waals surface area (Å²) in [7, 11) is 1.57. The van der Waals surface area contributed by atoms with E-state index in [1.807, 2.05) is 0 Å². The molecule has 0 radical (unpaired) electrons. The first-order chi connectivity index (χ1) is 11.2. The van der Waals surface area contributed by atoms with Crippen LogP contribution >= 0.6 is 0 Å². The van der Waals surface area contributed by atoms with Crippen LogP contribution in [0.3, 0.4) is 0 Å². The van der Waals surface area contributed by atoms with E-state index in [0.717, 1.165) is 12.8 Å². The van der Waals surface area contributed by atoms with Gasteiger partial charge in [-0.1, -0.05) is 17.3 Å². The van der Waals surface area contributed by atoms with Gasteiger partial charge < -0.3 is 14.4 Å². The lowest BCUT2D eigenvalue weighted by molar-refractivity contribution is 0.102. The highest BCUT2D eigenvalue weighted by atomic mass is 19.1. The van der Waals surface area contributed by atoms with Crippen LogP contribution in [-0.2, 0) is 17.9 Å². The third-order valence-electron chi connectivity index (χ3n) is 3.85. The number of aliphatic hydroxyl groups excluding tert-OH is 1. The molecular weight excluding hydrogens is 301 g/mol. The van der Waals surface area contributed by atoms with Crippen molar-refractivity contribution < 1.29 is 18.8 Å². The summed E-state index contributed by atoms with van der Waals surface area (Å²) in [6, 6.07) is 6.35. The minimum atomic E-state index is -0.679. The molecule has 1 N–H and O–H groups in total. The molecule has 0 amide bonds. The fourth-order valence-electron chi connectivity index (χ4n) is 2.51. The lowest BCUT2D eigenvalue weighted by atomic mass is 10.1. The summed E-state index contributed by atoms with van der Waals surface area (Å²) in [4.78, 5) is 6.40. The first kappa shape index (κ1) is 16.0. The molecule has 1 unspecified atom stereocenters. The minimum absolute atomic E-state index is 0.286. The van der Waals surface area contributed by atoms with Crippen LogP contribution in [0.5, 0.6) is 0 Å². The van der Waals surface area contributed by atoms with Crippen LogP contribution in [0.1, 0.15) is 36.2 Å². The van der Waals surface area contributed by atoms with Gasteiger partial charge in [0.1, 0.15) is 12.4 Å². The van der Waals surface area contributed by atoms with E-state index < -0.39 is 6.10 Å². The van der Waals surface area contributed by atoms with Crippen molar-refractivity contribution in [3.05, 3.63) is 47.4 Å². The molecule has 3 rings (SSSR count). The molecule has 1 atom stereocenters. The highest BCUT2D eigenvalue weighted by Crippen LogP contribution is 2.30. The Morgan fingerprint density at radius 3 is 2.78 bits per heavy atom. The Balaban J connectivity index is 1.63. The molecule has 7 heteroatoms. The minimum Gasteiger partial charge on any atom is -0.387 e. The Labute approximate surface area is 133 Å². The Hall–Kier alpha value is -1.83. The smallest absolute Gasteiger partial charge is 0.252 e. The predicted molar refractivity (Wildman–Crippen MR) is 79.8 cm³/mol. The Kier molecular flexibility index (Phi) is 5.00. The second kappa shape index (κ2) is 7.16. The third kappa shape index (κ3) is 4.34. The quantitative estimate of drug-likeness (QED) is 0.802. The number of halogens is 1. The molecular formula is C16H20FN3O3. The second-order valence-electron chi connectivity index (χ2n) is 5.77. The number of hydrogen-bond acceptors (Lipinski definition) is 6. The van der Waals surface area contributed by atoms with Gasteiger partial charge >= 0.3 is 0 Å². The van der Waals surface area contributed by atoms with Crippen LogP contribution in [-0.4, -0.2) is 39.8 Å². The van der Waals surface area contributed by atoms with Crippen LogP contribution in [0.15, 0.2) is 28.8 Å². The van der Waals surface area contributed by atoms with Crippen molar-refractivity contribution in [1.82, 2.24) is 15.0 Å². The van der Waals surface area contributed by atoms with E-state index in [1.165, 1.54) is 12.1 Å². The first-order valence-corrected chi connectivity index (χ1v) is 7.63. The van der Waals surface area contributed by atoms with Crippen molar-refractivity contribution in [2.24, 2.45) is 0 Å². The number of nitrogens with zero attached hydrogens (tertiary/aromatic N) is 3. The van der Waals surface area contributed by atoms with Crippen molar-refractivity contribution in [2.75, 3.05) is 13.7 Å². The summed E-state index contributed by atoms with van der Waals surface area (Å²) in [5.74, 6) is 0.713. The fraction of sp³-hybridized carbons (Fsp3) is 0.500. The number of methoxy groups -OCH3 is 1. The number of aliphatic hydroxyl groups is 1. The van der Waals surface area contributed by atoms with Gasteiger partial charge in [0.05, 0.1) is 12.6 Å². The van der Waals surface area contributed by atoms with Gasteiger partial charge in [0.25, 0.3) is 5.89 Å². The molecule has 1 aliphatic carbocycles. The average molecular weight is 321 g/mol. The maximum absolute atomic E-state index is 13.0. The third-order valence-corrected chi connectivity index (χ3v) is 3.85. The van der Waals surface area contributed by atoms with Crippen LogP contribution < -0.4 is 0 Å².